The van der Waals surface area contributed by atoms with Crippen LogP contribution < -0.4 is 16.6 Å². The average molecular weight is 849 g/mol. The van der Waals surface area contributed by atoms with Gasteiger partial charge in [-0.15, -0.1) is 0 Å². The van der Waals surface area contributed by atoms with Crippen LogP contribution in [-0.2, 0) is 38.9 Å². The predicted molar refractivity (Wildman–Crippen MR) is 243 cm³/mol. The van der Waals surface area contributed by atoms with E-state index in [4.69, 9.17) is 13.6 Å². The topological polar surface area (TPSA) is 139 Å². The third kappa shape index (κ3) is 9.19. The number of aromatic nitrogens is 2. The number of pyridine rings is 1. The molecular weight excluding hydrogens is 785 g/mol. The van der Waals surface area contributed by atoms with Crippen LogP contribution in [0.5, 0.6) is 5.75 Å². The molecule has 2 aromatic heterocycles. The van der Waals surface area contributed by atoms with E-state index >= 15 is 0 Å². The summed E-state index contributed by atoms with van der Waals surface area (Å²) in [6, 6.07) is 21.3. The quantitative estimate of drug-likeness (QED) is 0.0536. The molecule has 5 aromatic rings. The number of phenols is 1. The number of esters is 1. The SMILES string of the molecule is CC(C)(C)[Si](C)(C)O[C@H](CNCc1ccc2c(c1)oc(=O)n2CCCCc1cccc(C2(C(=O)O[C@H]3CN4CCC3CC4)CCCCC2)c1)c1ccc(O)c2[nH]c(=O)ccc12. The zero-order valence-corrected chi connectivity index (χ0v) is 37.7. The summed E-state index contributed by atoms with van der Waals surface area (Å²) >= 11 is 0. The molecule has 1 aliphatic carbocycles. The third-order valence-corrected chi connectivity index (χ3v) is 18.9. The molecule has 5 heterocycles. The fourth-order valence-electron chi connectivity index (χ4n) is 9.75. The lowest BCUT2D eigenvalue weighted by Gasteiger charge is -2.45. The zero-order chi connectivity index (χ0) is 42.9. The van der Waals surface area contributed by atoms with Crippen molar-refractivity contribution in [2.75, 3.05) is 26.2 Å². The number of oxazole rings is 1. The number of aromatic hydroxyl groups is 1. The number of piperidine rings is 3. The molecule has 1 saturated carbocycles. The summed E-state index contributed by atoms with van der Waals surface area (Å²) in [7, 11) is -2.24. The highest BCUT2D eigenvalue weighted by Gasteiger charge is 2.46. The molecule has 4 fully saturated rings. The number of hydrogen-bond acceptors (Lipinski definition) is 9. The Labute approximate surface area is 360 Å². The maximum absolute atomic E-state index is 14.1. The normalized spacial score (nSPS) is 20.9. The van der Waals surface area contributed by atoms with E-state index in [-0.39, 0.29) is 40.3 Å². The van der Waals surface area contributed by atoms with Crippen LogP contribution in [0.1, 0.15) is 107 Å². The molecular formula is C49H64N4O7Si. The van der Waals surface area contributed by atoms with Crippen LogP contribution >= 0.6 is 0 Å². The predicted octanol–water partition coefficient (Wildman–Crippen LogP) is 8.86. The van der Waals surface area contributed by atoms with Gasteiger partial charge >= 0.3 is 11.7 Å². The van der Waals surface area contributed by atoms with Crippen molar-refractivity contribution in [2.45, 2.75) is 134 Å². The van der Waals surface area contributed by atoms with Gasteiger partial charge in [-0.05, 0) is 129 Å². The molecule has 3 N–H and O–H groups in total. The molecule has 0 amide bonds. The lowest BCUT2D eigenvalue weighted by atomic mass is 9.69. The molecule has 0 unspecified atom stereocenters. The number of H-pyrrole nitrogens is 1. The number of phenolic OH excluding ortho intramolecular Hbond substituents is 1. The van der Waals surface area contributed by atoms with E-state index in [2.05, 4.69) is 73.3 Å². The van der Waals surface area contributed by atoms with Gasteiger partial charge in [-0.25, -0.2) is 4.79 Å². The van der Waals surface area contributed by atoms with Gasteiger partial charge in [-0.1, -0.05) is 76.4 Å². The smallest absolute Gasteiger partial charge is 0.419 e. The number of rotatable bonds is 15. The second-order valence-corrected chi connectivity index (χ2v) is 24.2. The minimum absolute atomic E-state index is 0.0161. The van der Waals surface area contributed by atoms with Gasteiger partial charge in [0.25, 0.3) is 0 Å². The number of aryl methyl sites for hydroxylation is 2. The van der Waals surface area contributed by atoms with Crippen LogP contribution in [0.2, 0.25) is 18.1 Å². The van der Waals surface area contributed by atoms with Gasteiger partial charge in [-0.3, -0.25) is 19.1 Å². The van der Waals surface area contributed by atoms with Crippen LogP contribution in [0, 0.1) is 5.92 Å². The lowest BCUT2D eigenvalue weighted by Crippen LogP contribution is -2.53. The number of aromatic amines is 1. The van der Waals surface area contributed by atoms with Crippen molar-refractivity contribution in [3.05, 3.63) is 110 Å². The first-order valence-electron chi connectivity index (χ1n) is 22.6. The largest absolute Gasteiger partial charge is 0.506 e. The minimum atomic E-state index is -2.24. The highest BCUT2D eigenvalue weighted by atomic mass is 28.4. The summed E-state index contributed by atoms with van der Waals surface area (Å²) in [6.45, 7) is 15.7. The fourth-order valence-corrected chi connectivity index (χ4v) is 11.0. The maximum atomic E-state index is 14.1. The van der Waals surface area contributed by atoms with Crippen molar-refractivity contribution in [3.63, 3.8) is 0 Å². The first-order valence-corrected chi connectivity index (χ1v) is 25.5. The molecule has 3 saturated heterocycles. The Hall–Kier alpha value is -4.49. The Morgan fingerprint density at radius 1 is 0.984 bits per heavy atom. The number of nitrogens with zero attached hydrogens (tertiary/aromatic N) is 2. The average Bonchev–Trinajstić information content (AvgIpc) is 3.56. The number of carbonyl (C=O) groups is 1. The first kappa shape index (κ1) is 43.2. The molecule has 11 nitrogen and oxygen atoms in total. The summed E-state index contributed by atoms with van der Waals surface area (Å²) in [4.78, 5) is 44.6. The molecule has 326 valence electrons. The summed E-state index contributed by atoms with van der Waals surface area (Å²) in [5.41, 5.74) is 5.06. The van der Waals surface area contributed by atoms with E-state index in [1.54, 1.807) is 16.7 Å². The lowest BCUT2D eigenvalue weighted by molar-refractivity contribution is -0.167. The van der Waals surface area contributed by atoms with Crippen molar-refractivity contribution >= 4 is 36.3 Å². The highest BCUT2D eigenvalue weighted by molar-refractivity contribution is 6.74. The highest BCUT2D eigenvalue weighted by Crippen LogP contribution is 2.43. The zero-order valence-electron chi connectivity index (χ0n) is 36.7. The van der Waals surface area contributed by atoms with Crippen LogP contribution in [0.4, 0.5) is 0 Å². The molecule has 12 heteroatoms. The number of hydrogen-bond donors (Lipinski definition) is 3. The monoisotopic (exact) mass is 848 g/mol. The number of unbranched alkanes of at least 4 members (excludes halogenated alkanes) is 1. The number of benzene rings is 3. The molecule has 2 bridgehead atoms. The number of carbonyl (C=O) groups excluding carboxylic acids is 1. The molecule has 3 aliphatic heterocycles. The van der Waals surface area contributed by atoms with E-state index in [1.165, 1.54) is 11.6 Å². The Morgan fingerprint density at radius 2 is 1.77 bits per heavy atom. The van der Waals surface area contributed by atoms with Crippen molar-refractivity contribution in [3.8, 4) is 5.75 Å². The summed E-state index contributed by atoms with van der Waals surface area (Å²) in [6.07, 6.45) is 9.43. The second-order valence-electron chi connectivity index (χ2n) is 19.5. The van der Waals surface area contributed by atoms with E-state index in [9.17, 15) is 19.5 Å². The van der Waals surface area contributed by atoms with E-state index < -0.39 is 13.7 Å². The van der Waals surface area contributed by atoms with Gasteiger partial charge < -0.3 is 29.0 Å². The van der Waals surface area contributed by atoms with Crippen molar-refractivity contribution in [1.82, 2.24) is 19.8 Å². The Bertz CT molecular complexity index is 2470. The maximum Gasteiger partial charge on any atom is 0.419 e. The minimum Gasteiger partial charge on any atom is -0.506 e. The fraction of sp³-hybridized carbons (Fsp3) is 0.531. The van der Waals surface area contributed by atoms with Crippen LogP contribution in [0.3, 0.4) is 0 Å². The molecule has 9 rings (SSSR count). The van der Waals surface area contributed by atoms with Gasteiger partial charge in [0.1, 0.15) is 11.9 Å². The number of ether oxygens (including phenoxy) is 1. The Morgan fingerprint density at radius 3 is 2.51 bits per heavy atom. The molecule has 0 radical (unpaired) electrons. The van der Waals surface area contributed by atoms with E-state index in [0.717, 1.165) is 111 Å². The van der Waals surface area contributed by atoms with Crippen LogP contribution in [0.15, 0.2) is 80.7 Å². The summed E-state index contributed by atoms with van der Waals surface area (Å²) in [5, 5.41) is 14.8. The van der Waals surface area contributed by atoms with Crippen LogP contribution in [-0.4, -0.2) is 66.1 Å². The molecule has 4 aliphatic rings. The summed E-state index contributed by atoms with van der Waals surface area (Å²) in [5.74, 6) is 0.134. The first-order chi connectivity index (χ1) is 29.2. The van der Waals surface area contributed by atoms with Crippen molar-refractivity contribution < 1.29 is 23.5 Å². The van der Waals surface area contributed by atoms with E-state index in [0.29, 0.717) is 36.7 Å². The van der Waals surface area contributed by atoms with Crippen molar-refractivity contribution in [1.29, 1.82) is 0 Å². The third-order valence-electron chi connectivity index (χ3n) is 14.4. The Kier molecular flexibility index (Phi) is 12.5. The second kappa shape index (κ2) is 17.7. The molecule has 3 aromatic carbocycles. The standard InChI is InChI=1S/C49H64N4O7Si/c1-48(2,3)61(4,5)60-42(37-16-19-40(54)45-38(37)17-20-44(55)51-45)31-50-30-34-15-18-39-41(29-34)59-47(57)53(39)25-10-7-12-33-13-11-14-36(28-33)49(23-8-6-9-24-49)46(56)58-43-32-52-26-21-35(43)22-27-52/h11,13-20,28-29,35,42-43,50,54H,6-10,12,21-27,30-32H2,1-5H3,(H,51,55)/t42-,43+/m1/s1. The van der Waals surface area contributed by atoms with Crippen LogP contribution in [0.25, 0.3) is 22.0 Å². The molecule has 61 heavy (non-hydrogen) atoms. The molecule has 0 spiro atoms. The Balaban J connectivity index is 0.898. The number of fused-ring (bicyclic) bond motifs is 5. The van der Waals surface area contributed by atoms with E-state index in [1.807, 2.05) is 24.3 Å². The number of nitrogens with one attached hydrogen (secondary N) is 2. The molecule has 2 atom stereocenters. The van der Waals surface area contributed by atoms with Gasteiger partial charge in [0.05, 0.1) is 22.6 Å². The van der Waals surface area contributed by atoms with Gasteiger partial charge in [-0.2, -0.15) is 0 Å². The van der Waals surface area contributed by atoms with Gasteiger partial charge in [0, 0.05) is 37.6 Å². The van der Waals surface area contributed by atoms with Gasteiger partial charge in [0.15, 0.2) is 13.9 Å². The summed E-state index contributed by atoms with van der Waals surface area (Å²) < 4.78 is 20.9. The van der Waals surface area contributed by atoms with Gasteiger partial charge in [0.2, 0.25) is 5.56 Å². The van der Waals surface area contributed by atoms with Crippen molar-refractivity contribution in [2.24, 2.45) is 5.92 Å².